The molecule has 0 radical (unpaired) electrons. The molecule has 0 bridgehead atoms. The van der Waals surface area contributed by atoms with Gasteiger partial charge in [0.05, 0.1) is 18.6 Å². The first-order chi connectivity index (χ1) is 16.4. The fraction of sp³-hybridized carbons (Fsp3) is 0.375. The molecule has 1 aliphatic rings. The van der Waals surface area contributed by atoms with E-state index in [-0.39, 0.29) is 28.9 Å². The number of piperidine rings is 1. The highest BCUT2D eigenvalue weighted by Crippen LogP contribution is 2.30. The highest BCUT2D eigenvalue weighted by molar-refractivity contribution is 7.89. The van der Waals surface area contributed by atoms with E-state index in [2.05, 4.69) is 14.6 Å². The summed E-state index contributed by atoms with van der Waals surface area (Å²) in [5, 5.41) is 0.426. The van der Waals surface area contributed by atoms with Gasteiger partial charge in [-0.25, -0.2) is 22.3 Å². The van der Waals surface area contributed by atoms with Crippen LogP contribution >= 0.6 is 0 Å². The summed E-state index contributed by atoms with van der Waals surface area (Å²) < 4.78 is 51.8. The molecule has 4 rings (SSSR count). The number of rotatable bonds is 9. The average Bonchev–Trinajstić information content (AvgIpc) is 3.21. The molecule has 0 unspecified atom stereocenters. The molecule has 0 aliphatic carbocycles. The van der Waals surface area contributed by atoms with E-state index in [0.717, 1.165) is 25.9 Å². The highest BCUT2D eigenvalue weighted by atomic mass is 32.2. The molecule has 2 aromatic carbocycles. The third-order valence-corrected chi connectivity index (χ3v) is 7.54. The minimum absolute atomic E-state index is 0.195. The normalized spacial score (nSPS) is 15.5. The summed E-state index contributed by atoms with van der Waals surface area (Å²) in [6.45, 7) is 2.77. The number of methoxy groups -OCH3 is 1. The summed E-state index contributed by atoms with van der Waals surface area (Å²) in [7, 11) is -2.07. The molecular weight excluding hydrogens is 461 g/mol. The van der Waals surface area contributed by atoms with Crippen LogP contribution in [0.1, 0.15) is 23.2 Å². The molecule has 8 nitrogen and oxygen atoms in total. The van der Waals surface area contributed by atoms with E-state index in [1.165, 1.54) is 19.2 Å². The first kappa shape index (κ1) is 24.2. The van der Waals surface area contributed by atoms with E-state index in [9.17, 15) is 17.6 Å². The second kappa shape index (κ2) is 10.5. The number of hydrogen-bond acceptors (Lipinski definition) is 6. The van der Waals surface area contributed by atoms with Gasteiger partial charge < -0.3 is 19.4 Å². The topological polar surface area (TPSA) is 101 Å². The number of benzene rings is 2. The number of sulfonamides is 1. The minimum atomic E-state index is -3.51. The van der Waals surface area contributed by atoms with Crippen molar-refractivity contribution < 1.29 is 27.1 Å². The zero-order valence-electron chi connectivity index (χ0n) is 18.9. The molecular formula is C24H28FN3O5S. The maximum atomic E-state index is 13.7. The lowest BCUT2D eigenvalue weighted by atomic mass is 9.98. The fourth-order valence-corrected chi connectivity index (χ4v) is 5.20. The van der Waals surface area contributed by atoms with Gasteiger partial charge in [0.2, 0.25) is 15.9 Å². The number of carbonyl (C=O) groups is 1. The zero-order chi connectivity index (χ0) is 24.1. The molecule has 1 saturated heterocycles. The van der Waals surface area contributed by atoms with Crippen molar-refractivity contribution in [3.8, 4) is 5.88 Å². The largest absolute Gasteiger partial charge is 0.482 e. The van der Waals surface area contributed by atoms with Crippen LogP contribution in [0.3, 0.4) is 0 Å². The van der Waals surface area contributed by atoms with Crippen LogP contribution in [0.25, 0.3) is 10.9 Å². The lowest BCUT2D eigenvalue weighted by molar-refractivity contribution is 0.0373. The number of nitrogens with zero attached hydrogens (tertiary/aromatic N) is 1. The summed E-state index contributed by atoms with van der Waals surface area (Å²) in [6.07, 6.45) is 1.66. The van der Waals surface area contributed by atoms with Crippen molar-refractivity contribution in [3.05, 3.63) is 59.9 Å². The predicted octanol–water partition coefficient (Wildman–Crippen LogP) is 3.16. The van der Waals surface area contributed by atoms with Crippen molar-refractivity contribution in [2.75, 3.05) is 39.9 Å². The standard InChI is InChI=1S/C24H28FN3O5S/c1-32-23-22(20-15-18(25)7-8-21(20)27-23)24(29)33-16-17-9-12-28(13-10-17)14-11-26-34(30,31)19-5-3-2-4-6-19/h2-8,15,17,26-27H,9-14,16H2,1H3. The molecule has 0 saturated carbocycles. The Kier molecular flexibility index (Phi) is 7.50. The van der Waals surface area contributed by atoms with E-state index in [4.69, 9.17) is 9.47 Å². The Bertz CT molecular complexity index is 1240. The molecule has 182 valence electrons. The van der Waals surface area contributed by atoms with Crippen LogP contribution < -0.4 is 9.46 Å². The summed E-state index contributed by atoms with van der Waals surface area (Å²) in [5.41, 5.74) is 0.793. The number of nitrogens with one attached hydrogen (secondary N) is 2. The number of aromatic nitrogens is 1. The predicted molar refractivity (Wildman–Crippen MR) is 126 cm³/mol. The molecule has 10 heteroatoms. The van der Waals surface area contributed by atoms with Gasteiger partial charge in [-0.2, -0.15) is 0 Å². The quantitative estimate of drug-likeness (QED) is 0.448. The van der Waals surface area contributed by atoms with Crippen molar-refractivity contribution in [2.45, 2.75) is 17.7 Å². The highest BCUT2D eigenvalue weighted by Gasteiger charge is 2.25. The van der Waals surface area contributed by atoms with Gasteiger partial charge in [0.1, 0.15) is 11.4 Å². The van der Waals surface area contributed by atoms with Crippen molar-refractivity contribution >= 4 is 26.9 Å². The van der Waals surface area contributed by atoms with E-state index in [1.807, 2.05) is 0 Å². The summed E-state index contributed by atoms with van der Waals surface area (Å²) in [5.74, 6) is -0.541. The average molecular weight is 490 g/mol. The number of hydrogen-bond donors (Lipinski definition) is 2. The maximum Gasteiger partial charge on any atom is 0.344 e. The molecule has 1 fully saturated rings. The van der Waals surface area contributed by atoms with E-state index in [0.29, 0.717) is 24.0 Å². The number of halogens is 1. The molecule has 1 aromatic heterocycles. The first-order valence-electron chi connectivity index (χ1n) is 11.2. The first-order valence-corrected chi connectivity index (χ1v) is 12.6. The Balaban J connectivity index is 1.24. The minimum Gasteiger partial charge on any atom is -0.482 e. The second-order valence-electron chi connectivity index (χ2n) is 8.32. The number of fused-ring (bicyclic) bond motifs is 1. The molecule has 2 N–H and O–H groups in total. The van der Waals surface area contributed by atoms with Crippen molar-refractivity contribution in [1.82, 2.24) is 14.6 Å². The van der Waals surface area contributed by atoms with Crippen LogP contribution in [0.4, 0.5) is 4.39 Å². The second-order valence-corrected chi connectivity index (χ2v) is 10.1. The number of H-pyrrole nitrogens is 1. The lowest BCUT2D eigenvalue weighted by Crippen LogP contribution is -2.40. The van der Waals surface area contributed by atoms with Gasteiger partial charge in [0, 0.05) is 24.0 Å². The smallest absolute Gasteiger partial charge is 0.344 e. The summed E-state index contributed by atoms with van der Waals surface area (Å²) in [6, 6.07) is 12.5. The van der Waals surface area contributed by atoms with Gasteiger partial charge in [0.15, 0.2) is 0 Å². The van der Waals surface area contributed by atoms with E-state index in [1.54, 1.807) is 36.4 Å². The molecule has 34 heavy (non-hydrogen) atoms. The molecule has 0 spiro atoms. The van der Waals surface area contributed by atoms with Crippen molar-refractivity contribution in [2.24, 2.45) is 5.92 Å². The SMILES string of the molecule is COc1[nH]c2ccc(F)cc2c1C(=O)OCC1CCN(CCNS(=O)(=O)c2ccccc2)CC1. The van der Waals surface area contributed by atoms with E-state index >= 15 is 0 Å². The molecule has 3 aromatic rings. The van der Waals surface area contributed by atoms with E-state index < -0.39 is 21.8 Å². The third-order valence-electron chi connectivity index (χ3n) is 6.07. The number of ether oxygens (including phenoxy) is 2. The molecule has 0 amide bonds. The van der Waals surface area contributed by atoms with Crippen LogP contribution in [0, 0.1) is 11.7 Å². The van der Waals surface area contributed by atoms with Gasteiger partial charge in [-0.05, 0) is 62.2 Å². The third kappa shape index (κ3) is 5.57. The van der Waals surface area contributed by atoms with Crippen molar-refractivity contribution in [1.29, 1.82) is 0 Å². The molecule has 1 aliphatic heterocycles. The van der Waals surface area contributed by atoms with Gasteiger partial charge in [0.25, 0.3) is 0 Å². The Morgan fingerprint density at radius 2 is 1.91 bits per heavy atom. The van der Waals surface area contributed by atoms with Crippen molar-refractivity contribution in [3.63, 3.8) is 0 Å². The van der Waals surface area contributed by atoms with Gasteiger partial charge in [-0.15, -0.1) is 0 Å². The maximum absolute atomic E-state index is 13.7. The monoisotopic (exact) mass is 489 g/mol. The van der Waals surface area contributed by atoms with Crippen LogP contribution in [-0.4, -0.2) is 64.2 Å². The van der Waals surface area contributed by atoms with Crippen LogP contribution in [0.15, 0.2) is 53.4 Å². The Morgan fingerprint density at radius 3 is 2.62 bits per heavy atom. The number of likely N-dealkylation sites (tertiary alicyclic amines) is 1. The Labute approximate surface area is 198 Å². The van der Waals surface area contributed by atoms with Gasteiger partial charge in [-0.1, -0.05) is 18.2 Å². The fourth-order valence-electron chi connectivity index (χ4n) is 4.16. The van der Waals surface area contributed by atoms with Crippen LogP contribution in [-0.2, 0) is 14.8 Å². The molecule has 0 atom stereocenters. The Morgan fingerprint density at radius 1 is 1.18 bits per heavy atom. The Hall–Kier alpha value is -2.95. The lowest BCUT2D eigenvalue weighted by Gasteiger charge is -2.31. The van der Waals surface area contributed by atoms with Crippen LogP contribution in [0.5, 0.6) is 5.88 Å². The number of carbonyl (C=O) groups excluding carboxylic acids is 1. The zero-order valence-corrected chi connectivity index (χ0v) is 19.7. The number of esters is 1. The van der Waals surface area contributed by atoms with Gasteiger partial charge in [-0.3, -0.25) is 0 Å². The number of aromatic amines is 1. The van der Waals surface area contributed by atoms with Gasteiger partial charge >= 0.3 is 5.97 Å². The summed E-state index contributed by atoms with van der Waals surface area (Å²) in [4.78, 5) is 18.2. The summed E-state index contributed by atoms with van der Waals surface area (Å²) >= 11 is 0. The molecule has 2 heterocycles. The van der Waals surface area contributed by atoms with Crippen LogP contribution in [0.2, 0.25) is 0 Å².